The fraction of sp³-hybridized carbons (Fsp3) is 0.625. The minimum atomic E-state index is -3.35. The zero-order chi connectivity index (χ0) is 16.2. The smallest absolute Gasteiger partial charge is 0.242 e. The molecule has 0 saturated carbocycles. The number of hydrogen-bond acceptors (Lipinski definition) is 4. The predicted molar refractivity (Wildman–Crippen MR) is 87.3 cm³/mol. The van der Waals surface area contributed by atoms with Gasteiger partial charge < -0.3 is 10.1 Å². The molecule has 0 bridgehead atoms. The van der Waals surface area contributed by atoms with Crippen molar-refractivity contribution in [2.24, 2.45) is 0 Å². The van der Waals surface area contributed by atoms with E-state index in [1.54, 1.807) is 26.2 Å². The van der Waals surface area contributed by atoms with Crippen LogP contribution in [0.2, 0.25) is 0 Å². The van der Waals surface area contributed by atoms with Crippen LogP contribution in [0.5, 0.6) is 0 Å². The number of nitrogens with one attached hydrogen (secondary N) is 1. The minimum Gasteiger partial charge on any atom is -0.378 e. The molecule has 1 heterocycles. The van der Waals surface area contributed by atoms with Crippen LogP contribution in [0.15, 0.2) is 29.2 Å². The highest BCUT2D eigenvalue weighted by Crippen LogP contribution is 2.19. The maximum atomic E-state index is 12.0. The van der Waals surface area contributed by atoms with Crippen molar-refractivity contribution in [2.45, 2.75) is 43.2 Å². The summed E-state index contributed by atoms with van der Waals surface area (Å²) in [5.74, 6) is 0. The van der Waals surface area contributed by atoms with E-state index in [0.29, 0.717) is 11.0 Å². The second kappa shape index (κ2) is 7.55. The summed E-state index contributed by atoms with van der Waals surface area (Å²) in [5.41, 5.74) is 1.09. The van der Waals surface area contributed by atoms with Gasteiger partial charge in [-0.15, -0.1) is 0 Å². The van der Waals surface area contributed by atoms with Crippen LogP contribution in [0.4, 0.5) is 0 Å². The molecule has 5 nitrogen and oxygen atoms in total. The van der Waals surface area contributed by atoms with Crippen LogP contribution in [0.1, 0.15) is 37.8 Å². The number of ether oxygens (including phenoxy) is 1. The van der Waals surface area contributed by atoms with Gasteiger partial charge in [0.2, 0.25) is 10.0 Å². The van der Waals surface area contributed by atoms with Crippen molar-refractivity contribution in [3.05, 3.63) is 29.8 Å². The van der Waals surface area contributed by atoms with E-state index in [9.17, 15) is 8.42 Å². The molecule has 1 fully saturated rings. The third kappa shape index (κ3) is 4.29. The van der Waals surface area contributed by atoms with E-state index in [2.05, 4.69) is 12.2 Å². The number of sulfonamides is 1. The summed E-state index contributed by atoms with van der Waals surface area (Å²) in [6, 6.07) is 7.28. The molecular weight excluding hydrogens is 300 g/mol. The molecule has 1 aliphatic rings. The van der Waals surface area contributed by atoms with Crippen LogP contribution in [-0.4, -0.2) is 46.1 Å². The van der Waals surface area contributed by atoms with Gasteiger partial charge in [0.05, 0.1) is 11.0 Å². The Morgan fingerprint density at radius 1 is 1.32 bits per heavy atom. The lowest BCUT2D eigenvalue weighted by Gasteiger charge is -2.17. The molecule has 0 aromatic heterocycles. The molecule has 1 N–H and O–H groups in total. The average molecular weight is 326 g/mol. The van der Waals surface area contributed by atoms with E-state index in [0.717, 1.165) is 31.6 Å². The molecule has 1 saturated heterocycles. The second-order valence-corrected chi connectivity index (χ2v) is 8.11. The van der Waals surface area contributed by atoms with Crippen molar-refractivity contribution in [3.8, 4) is 0 Å². The van der Waals surface area contributed by atoms with Crippen LogP contribution >= 0.6 is 0 Å². The molecule has 1 aliphatic heterocycles. The molecule has 0 radical (unpaired) electrons. The number of rotatable bonds is 7. The Kier molecular flexibility index (Phi) is 5.97. The molecule has 1 aromatic carbocycles. The van der Waals surface area contributed by atoms with Gasteiger partial charge in [0.1, 0.15) is 0 Å². The molecule has 0 amide bonds. The van der Waals surface area contributed by atoms with Crippen LogP contribution in [0.3, 0.4) is 0 Å². The van der Waals surface area contributed by atoms with Crippen molar-refractivity contribution in [1.82, 2.24) is 9.62 Å². The summed E-state index contributed by atoms with van der Waals surface area (Å²) < 4.78 is 30.9. The summed E-state index contributed by atoms with van der Waals surface area (Å²) in [6.45, 7) is 3.89. The molecule has 0 unspecified atom stereocenters. The second-order valence-electron chi connectivity index (χ2n) is 5.96. The zero-order valence-electron chi connectivity index (χ0n) is 13.6. The summed E-state index contributed by atoms with van der Waals surface area (Å²) in [5, 5.41) is 3.47. The predicted octanol–water partition coefficient (Wildman–Crippen LogP) is 2.16. The maximum Gasteiger partial charge on any atom is 0.242 e. The maximum absolute atomic E-state index is 12.0. The molecule has 2 rings (SSSR count). The minimum absolute atomic E-state index is 0.192. The normalized spacial score (nSPS) is 20.5. The lowest BCUT2D eigenvalue weighted by molar-refractivity contribution is 0.103. The van der Waals surface area contributed by atoms with Crippen molar-refractivity contribution < 1.29 is 13.2 Å². The van der Waals surface area contributed by atoms with Gasteiger partial charge in [-0.05, 0) is 50.4 Å². The van der Waals surface area contributed by atoms with Crippen molar-refractivity contribution in [1.29, 1.82) is 0 Å². The monoisotopic (exact) mass is 326 g/mol. The number of benzene rings is 1. The highest BCUT2D eigenvalue weighted by Gasteiger charge is 2.18. The fourth-order valence-corrected chi connectivity index (χ4v) is 3.49. The molecule has 22 heavy (non-hydrogen) atoms. The van der Waals surface area contributed by atoms with Gasteiger partial charge in [-0.2, -0.15) is 0 Å². The van der Waals surface area contributed by atoms with Crippen LogP contribution < -0.4 is 5.32 Å². The van der Waals surface area contributed by atoms with E-state index in [1.807, 2.05) is 12.1 Å². The quantitative estimate of drug-likeness (QED) is 0.834. The number of hydrogen-bond donors (Lipinski definition) is 1. The summed E-state index contributed by atoms with van der Waals surface area (Å²) >= 11 is 0. The molecule has 0 aliphatic carbocycles. The summed E-state index contributed by atoms with van der Waals surface area (Å²) in [6.07, 6.45) is 3.75. The SMILES string of the molecule is C[C@@H](NCC[C@@H]1CCCO1)c1ccc(S(=O)(=O)N(C)C)cc1. The fourth-order valence-electron chi connectivity index (χ4n) is 2.59. The Labute approximate surface area is 133 Å². The van der Waals surface area contributed by atoms with E-state index in [4.69, 9.17) is 4.74 Å². The van der Waals surface area contributed by atoms with Gasteiger partial charge in [-0.3, -0.25) is 0 Å². The Morgan fingerprint density at radius 2 is 2.00 bits per heavy atom. The first-order valence-electron chi connectivity index (χ1n) is 7.78. The lowest BCUT2D eigenvalue weighted by Crippen LogP contribution is -2.24. The molecule has 2 atom stereocenters. The van der Waals surface area contributed by atoms with E-state index in [-0.39, 0.29) is 6.04 Å². The first-order valence-corrected chi connectivity index (χ1v) is 9.23. The first kappa shape index (κ1) is 17.4. The number of nitrogens with zero attached hydrogens (tertiary/aromatic N) is 1. The largest absolute Gasteiger partial charge is 0.378 e. The highest BCUT2D eigenvalue weighted by atomic mass is 32.2. The van der Waals surface area contributed by atoms with Gasteiger partial charge in [-0.25, -0.2) is 12.7 Å². The summed E-state index contributed by atoms with van der Waals surface area (Å²) in [7, 11) is -0.271. The van der Waals surface area contributed by atoms with Crippen molar-refractivity contribution in [2.75, 3.05) is 27.2 Å². The van der Waals surface area contributed by atoms with Crippen LogP contribution in [-0.2, 0) is 14.8 Å². The van der Waals surface area contributed by atoms with E-state index in [1.165, 1.54) is 10.7 Å². The Balaban J connectivity index is 1.89. The highest BCUT2D eigenvalue weighted by molar-refractivity contribution is 7.89. The van der Waals surface area contributed by atoms with E-state index < -0.39 is 10.0 Å². The Bertz CT molecular complexity index is 564. The average Bonchev–Trinajstić information content (AvgIpc) is 3.00. The van der Waals surface area contributed by atoms with Gasteiger partial charge in [0, 0.05) is 26.7 Å². The van der Waals surface area contributed by atoms with Crippen molar-refractivity contribution in [3.63, 3.8) is 0 Å². The van der Waals surface area contributed by atoms with Crippen LogP contribution in [0, 0.1) is 0 Å². The van der Waals surface area contributed by atoms with Gasteiger partial charge >= 0.3 is 0 Å². The third-order valence-corrected chi connectivity index (χ3v) is 5.93. The zero-order valence-corrected chi connectivity index (χ0v) is 14.4. The van der Waals surface area contributed by atoms with Crippen molar-refractivity contribution >= 4 is 10.0 Å². The molecule has 1 aromatic rings. The standard InChI is InChI=1S/C16H26N2O3S/c1-13(17-11-10-15-5-4-12-21-15)14-6-8-16(9-7-14)22(19,20)18(2)3/h6-9,13,15,17H,4-5,10-12H2,1-3H3/t13-,15+/m1/s1. The third-order valence-electron chi connectivity index (χ3n) is 4.10. The molecule has 0 spiro atoms. The topological polar surface area (TPSA) is 58.6 Å². The summed E-state index contributed by atoms with van der Waals surface area (Å²) in [4.78, 5) is 0.327. The van der Waals surface area contributed by atoms with Crippen LogP contribution in [0.25, 0.3) is 0 Å². The molecule has 124 valence electrons. The van der Waals surface area contributed by atoms with E-state index >= 15 is 0 Å². The molecule has 6 heteroatoms. The van der Waals surface area contributed by atoms with Gasteiger partial charge in [0.25, 0.3) is 0 Å². The van der Waals surface area contributed by atoms with Gasteiger partial charge in [-0.1, -0.05) is 12.1 Å². The molecular formula is C16H26N2O3S. The first-order chi connectivity index (χ1) is 10.4. The lowest BCUT2D eigenvalue weighted by atomic mass is 10.1. The van der Waals surface area contributed by atoms with Gasteiger partial charge in [0.15, 0.2) is 0 Å². The Hall–Kier alpha value is -0.950. The Morgan fingerprint density at radius 3 is 2.55 bits per heavy atom.